The second kappa shape index (κ2) is 5.35. The highest BCUT2D eigenvalue weighted by atomic mass is 32.1. The summed E-state index contributed by atoms with van der Waals surface area (Å²) in [5.41, 5.74) is 2.18. The van der Waals surface area contributed by atoms with Gasteiger partial charge < -0.3 is 0 Å². The molecule has 0 N–H and O–H groups in total. The molecule has 0 spiro atoms. The first-order valence-electron chi connectivity index (χ1n) is 6.64. The van der Waals surface area contributed by atoms with Crippen molar-refractivity contribution >= 4 is 17.1 Å². The van der Waals surface area contributed by atoms with Crippen molar-refractivity contribution in [1.29, 1.82) is 0 Å². The first-order valence-corrected chi connectivity index (χ1v) is 7.52. The van der Waals surface area contributed by atoms with E-state index in [1.165, 1.54) is 6.42 Å². The van der Waals surface area contributed by atoms with E-state index in [2.05, 4.69) is 37.2 Å². The minimum absolute atomic E-state index is 0.0713. The van der Waals surface area contributed by atoms with Crippen LogP contribution in [0.25, 0.3) is 0 Å². The van der Waals surface area contributed by atoms with Crippen LogP contribution in [0.15, 0.2) is 17.0 Å². The summed E-state index contributed by atoms with van der Waals surface area (Å²) in [6.07, 6.45) is 6.99. The van der Waals surface area contributed by atoms with Crippen LogP contribution in [-0.2, 0) is 16.6 Å². The minimum atomic E-state index is 0.0713. The standard InChI is InChI=1S/C15H21NOS/c1-15(2,3)13-10-18-14(16-13)9-12(17)11-7-5-4-6-8-11/h7,10H,4-6,8-9H2,1-3H3. The molecule has 2 nitrogen and oxygen atoms in total. The molecule has 1 aromatic heterocycles. The normalized spacial score (nSPS) is 16.5. The number of thiazole rings is 1. The summed E-state index contributed by atoms with van der Waals surface area (Å²) >= 11 is 1.61. The van der Waals surface area contributed by atoms with Crippen molar-refractivity contribution in [1.82, 2.24) is 4.98 Å². The molecule has 1 aromatic rings. The average Bonchev–Trinajstić information content (AvgIpc) is 2.78. The lowest BCUT2D eigenvalue weighted by molar-refractivity contribution is -0.115. The second-order valence-electron chi connectivity index (χ2n) is 5.95. The summed E-state index contributed by atoms with van der Waals surface area (Å²) < 4.78 is 0. The highest BCUT2D eigenvalue weighted by Crippen LogP contribution is 2.25. The largest absolute Gasteiger partial charge is 0.294 e. The van der Waals surface area contributed by atoms with Gasteiger partial charge in [0.1, 0.15) is 5.01 Å². The van der Waals surface area contributed by atoms with Crippen LogP contribution in [0.4, 0.5) is 0 Å². The second-order valence-corrected chi connectivity index (χ2v) is 6.89. The fourth-order valence-electron chi connectivity index (χ4n) is 2.08. The Morgan fingerprint density at radius 3 is 2.72 bits per heavy atom. The van der Waals surface area contributed by atoms with Gasteiger partial charge >= 0.3 is 0 Å². The number of carbonyl (C=O) groups is 1. The van der Waals surface area contributed by atoms with Crippen molar-refractivity contribution in [3.63, 3.8) is 0 Å². The van der Waals surface area contributed by atoms with Crippen molar-refractivity contribution in [3.8, 4) is 0 Å². The van der Waals surface area contributed by atoms with Crippen molar-refractivity contribution in [2.45, 2.75) is 58.3 Å². The van der Waals surface area contributed by atoms with Crippen molar-refractivity contribution in [3.05, 3.63) is 27.7 Å². The zero-order chi connectivity index (χ0) is 13.2. The number of allylic oxidation sites excluding steroid dienone is 2. The molecule has 0 aromatic carbocycles. The van der Waals surface area contributed by atoms with Crippen LogP contribution in [0.3, 0.4) is 0 Å². The molecular weight excluding hydrogens is 242 g/mol. The molecule has 0 atom stereocenters. The number of carbonyl (C=O) groups excluding carboxylic acids is 1. The summed E-state index contributed by atoms with van der Waals surface area (Å²) in [6.45, 7) is 6.45. The quantitative estimate of drug-likeness (QED) is 0.823. The van der Waals surface area contributed by atoms with Crippen LogP contribution in [0.2, 0.25) is 0 Å². The molecule has 1 heterocycles. The Morgan fingerprint density at radius 1 is 1.39 bits per heavy atom. The van der Waals surface area contributed by atoms with E-state index in [9.17, 15) is 4.79 Å². The molecule has 1 aliphatic rings. The van der Waals surface area contributed by atoms with E-state index in [4.69, 9.17) is 0 Å². The van der Waals surface area contributed by atoms with Crippen molar-refractivity contribution in [2.75, 3.05) is 0 Å². The molecular formula is C15H21NOS. The summed E-state index contributed by atoms with van der Waals surface area (Å²) in [4.78, 5) is 16.7. The van der Waals surface area contributed by atoms with Crippen molar-refractivity contribution < 1.29 is 4.79 Å². The van der Waals surface area contributed by atoms with Crippen LogP contribution < -0.4 is 0 Å². The highest BCUT2D eigenvalue weighted by Gasteiger charge is 2.19. The Kier molecular flexibility index (Phi) is 4.00. The predicted molar refractivity (Wildman–Crippen MR) is 76.1 cm³/mol. The highest BCUT2D eigenvalue weighted by molar-refractivity contribution is 7.09. The molecule has 2 rings (SSSR count). The van der Waals surface area contributed by atoms with Gasteiger partial charge in [-0.15, -0.1) is 11.3 Å². The maximum Gasteiger partial charge on any atom is 0.165 e. The number of aromatic nitrogens is 1. The molecule has 0 aliphatic heterocycles. The number of ketones is 1. The van der Waals surface area contributed by atoms with Gasteiger partial charge in [0.15, 0.2) is 5.78 Å². The third kappa shape index (κ3) is 3.29. The lowest BCUT2D eigenvalue weighted by Crippen LogP contribution is -2.12. The molecule has 0 fully saturated rings. The fourth-order valence-corrected chi connectivity index (χ4v) is 3.10. The molecule has 0 unspecified atom stereocenters. The van der Waals surface area contributed by atoms with Gasteiger partial charge in [-0.25, -0.2) is 4.98 Å². The molecule has 3 heteroatoms. The Morgan fingerprint density at radius 2 is 2.17 bits per heavy atom. The molecule has 1 aliphatic carbocycles. The van der Waals surface area contributed by atoms with Gasteiger partial charge in [0.25, 0.3) is 0 Å². The summed E-state index contributed by atoms with van der Waals surface area (Å²) in [7, 11) is 0. The number of rotatable bonds is 3. The summed E-state index contributed by atoms with van der Waals surface area (Å²) in [6, 6.07) is 0. The lowest BCUT2D eigenvalue weighted by atomic mass is 9.93. The zero-order valence-electron chi connectivity index (χ0n) is 11.5. The SMILES string of the molecule is CC(C)(C)c1csc(CC(=O)C2=CCCCC2)n1. The van der Waals surface area contributed by atoms with E-state index in [-0.39, 0.29) is 11.2 Å². The smallest absolute Gasteiger partial charge is 0.165 e. The van der Waals surface area contributed by atoms with Crippen LogP contribution in [0.5, 0.6) is 0 Å². The number of hydrogen-bond acceptors (Lipinski definition) is 3. The molecule has 18 heavy (non-hydrogen) atoms. The van der Waals surface area contributed by atoms with Gasteiger partial charge in [0, 0.05) is 10.8 Å². The Bertz CT molecular complexity index is 465. The minimum Gasteiger partial charge on any atom is -0.294 e. The predicted octanol–water partition coefficient (Wildman–Crippen LogP) is 4.05. The molecule has 0 bridgehead atoms. The maximum atomic E-state index is 12.1. The lowest BCUT2D eigenvalue weighted by Gasteiger charge is -2.14. The number of nitrogens with zero attached hydrogens (tertiary/aromatic N) is 1. The maximum absolute atomic E-state index is 12.1. The first kappa shape index (κ1) is 13.5. The Hall–Kier alpha value is -0.960. The molecule has 0 amide bonds. The van der Waals surface area contributed by atoms with E-state index in [1.807, 2.05) is 0 Å². The number of Topliss-reactive ketones (excluding diaryl/α,β-unsaturated/α-hetero) is 1. The van der Waals surface area contributed by atoms with Gasteiger partial charge in [-0.3, -0.25) is 4.79 Å². The molecule has 0 radical (unpaired) electrons. The molecule has 0 saturated heterocycles. The van der Waals surface area contributed by atoms with Crippen LogP contribution in [0.1, 0.15) is 57.2 Å². The van der Waals surface area contributed by atoms with Gasteiger partial charge in [0.05, 0.1) is 12.1 Å². The third-order valence-corrected chi connectivity index (χ3v) is 4.13. The monoisotopic (exact) mass is 263 g/mol. The van der Waals surface area contributed by atoms with Crippen molar-refractivity contribution in [2.24, 2.45) is 0 Å². The number of hydrogen-bond donors (Lipinski definition) is 0. The van der Waals surface area contributed by atoms with E-state index >= 15 is 0 Å². The van der Waals surface area contributed by atoms with E-state index in [0.717, 1.165) is 35.5 Å². The molecule has 0 saturated carbocycles. The van der Waals surface area contributed by atoms with E-state index in [1.54, 1.807) is 11.3 Å². The van der Waals surface area contributed by atoms with Gasteiger partial charge in [-0.2, -0.15) is 0 Å². The first-order chi connectivity index (χ1) is 8.47. The Labute approximate surface area is 113 Å². The van der Waals surface area contributed by atoms with Gasteiger partial charge in [-0.1, -0.05) is 26.8 Å². The van der Waals surface area contributed by atoms with E-state index in [0.29, 0.717) is 6.42 Å². The summed E-state index contributed by atoms with van der Waals surface area (Å²) in [5.74, 6) is 0.268. The molecule has 98 valence electrons. The van der Waals surface area contributed by atoms with Crippen LogP contribution in [0, 0.1) is 0 Å². The zero-order valence-corrected chi connectivity index (χ0v) is 12.3. The fraction of sp³-hybridized carbons (Fsp3) is 0.600. The van der Waals surface area contributed by atoms with Gasteiger partial charge in [-0.05, 0) is 31.3 Å². The van der Waals surface area contributed by atoms with Crippen LogP contribution >= 0.6 is 11.3 Å². The van der Waals surface area contributed by atoms with E-state index < -0.39 is 0 Å². The Balaban J connectivity index is 2.03. The topological polar surface area (TPSA) is 30.0 Å². The third-order valence-electron chi connectivity index (χ3n) is 3.28. The summed E-state index contributed by atoms with van der Waals surface area (Å²) in [5, 5.41) is 3.04. The van der Waals surface area contributed by atoms with Crippen LogP contribution in [-0.4, -0.2) is 10.8 Å². The van der Waals surface area contributed by atoms with Gasteiger partial charge in [0.2, 0.25) is 0 Å². The average molecular weight is 263 g/mol.